The third kappa shape index (κ3) is 3.75. The second-order valence-corrected chi connectivity index (χ2v) is 3.40. The van der Waals surface area contributed by atoms with Crippen LogP contribution in [0.15, 0.2) is 18.3 Å². The molecule has 78 valence electrons. The molecule has 0 radical (unpaired) electrons. The normalized spacial score (nSPS) is 10.4. The lowest BCUT2D eigenvalue weighted by Crippen LogP contribution is -2.16. The predicted molar refractivity (Wildman–Crippen MR) is 60.1 cm³/mol. The van der Waals surface area contributed by atoms with Gasteiger partial charge in [-0.2, -0.15) is 0 Å². The van der Waals surface area contributed by atoms with Gasteiger partial charge in [-0.1, -0.05) is 13.0 Å². The number of nitrogens with two attached hydrogens (primary N) is 1. The van der Waals surface area contributed by atoms with E-state index in [4.69, 9.17) is 5.73 Å². The Morgan fingerprint density at radius 1 is 1.43 bits per heavy atom. The fourth-order valence-electron chi connectivity index (χ4n) is 1.37. The predicted octanol–water partition coefficient (Wildman–Crippen LogP) is 1.60. The van der Waals surface area contributed by atoms with Crippen LogP contribution in [0.5, 0.6) is 0 Å². The minimum Gasteiger partial charge on any atom is -0.383 e. The SMILES string of the molecule is CCCNCCCc1cccnc1N. The summed E-state index contributed by atoms with van der Waals surface area (Å²) < 4.78 is 0. The van der Waals surface area contributed by atoms with Crippen molar-refractivity contribution in [1.82, 2.24) is 10.3 Å². The van der Waals surface area contributed by atoms with Crippen LogP contribution in [0.1, 0.15) is 25.3 Å². The van der Waals surface area contributed by atoms with Crippen molar-refractivity contribution in [2.75, 3.05) is 18.8 Å². The second kappa shape index (κ2) is 6.38. The van der Waals surface area contributed by atoms with Gasteiger partial charge >= 0.3 is 0 Å². The van der Waals surface area contributed by atoms with Crippen LogP contribution in [0.4, 0.5) is 5.82 Å². The van der Waals surface area contributed by atoms with Gasteiger partial charge in [-0.05, 0) is 44.0 Å². The van der Waals surface area contributed by atoms with Gasteiger partial charge in [0.15, 0.2) is 0 Å². The van der Waals surface area contributed by atoms with Crippen molar-refractivity contribution in [3.05, 3.63) is 23.9 Å². The maximum atomic E-state index is 5.73. The van der Waals surface area contributed by atoms with Crippen LogP contribution in [0, 0.1) is 0 Å². The van der Waals surface area contributed by atoms with Gasteiger partial charge in [0.1, 0.15) is 5.82 Å². The molecule has 3 nitrogen and oxygen atoms in total. The summed E-state index contributed by atoms with van der Waals surface area (Å²) in [6.45, 7) is 4.33. The Morgan fingerprint density at radius 3 is 3.00 bits per heavy atom. The molecule has 1 aromatic heterocycles. The first-order valence-electron chi connectivity index (χ1n) is 5.24. The molecule has 0 fully saturated rings. The highest BCUT2D eigenvalue weighted by Gasteiger charge is 1.97. The Labute approximate surface area is 85.7 Å². The van der Waals surface area contributed by atoms with Crippen LogP contribution in [-0.4, -0.2) is 18.1 Å². The molecule has 1 heterocycles. The monoisotopic (exact) mass is 193 g/mol. The smallest absolute Gasteiger partial charge is 0.126 e. The largest absolute Gasteiger partial charge is 0.383 e. The Bertz CT molecular complexity index is 260. The molecule has 1 aromatic rings. The number of aromatic nitrogens is 1. The lowest BCUT2D eigenvalue weighted by molar-refractivity contribution is 0.640. The third-order valence-corrected chi connectivity index (χ3v) is 2.15. The fourth-order valence-corrected chi connectivity index (χ4v) is 1.37. The van der Waals surface area contributed by atoms with E-state index in [2.05, 4.69) is 17.2 Å². The zero-order chi connectivity index (χ0) is 10.2. The number of nitrogens with one attached hydrogen (secondary N) is 1. The first-order chi connectivity index (χ1) is 6.84. The summed E-state index contributed by atoms with van der Waals surface area (Å²) in [5.41, 5.74) is 6.89. The number of hydrogen-bond acceptors (Lipinski definition) is 3. The Hall–Kier alpha value is -1.09. The van der Waals surface area contributed by atoms with Crippen LogP contribution in [0.2, 0.25) is 0 Å². The number of nitrogens with zero attached hydrogens (tertiary/aromatic N) is 1. The second-order valence-electron chi connectivity index (χ2n) is 3.40. The molecule has 0 atom stereocenters. The van der Waals surface area contributed by atoms with Crippen LogP contribution < -0.4 is 11.1 Å². The minimum absolute atomic E-state index is 0.669. The molecule has 3 N–H and O–H groups in total. The highest BCUT2D eigenvalue weighted by atomic mass is 14.8. The van der Waals surface area contributed by atoms with Crippen molar-refractivity contribution >= 4 is 5.82 Å². The molecule has 3 heteroatoms. The maximum absolute atomic E-state index is 5.73. The van der Waals surface area contributed by atoms with Crippen molar-refractivity contribution in [3.63, 3.8) is 0 Å². The average molecular weight is 193 g/mol. The first-order valence-corrected chi connectivity index (χ1v) is 5.24. The van der Waals surface area contributed by atoms with Crippen LogP contribution >= 0.6 is 0 Å². The summed E-state index contributed by atoms with van der Waals surface area (Å²) in [4.78, 5) is 4.05. The van der Waals surface area contributed by atoms with Crippen molar-refractivity contribution in [2.45, 2.75) is 26.2 Å². The van der Waals surface area contributed by atoms with Crippen molar-refractivity contribution in [2.24, 2.45) is 0 Å². The van der Waals surface area contributed by atoms with Gasteiger partial charge < -0.3 is 11.1 Å². The van der Waals surface area contributed by atoms with Crippen LogP contribution in [0.25, 0.3) is 0 Å². The Balaban J connectivity index is 2.21. The molecule has 0 saturated heterocycles. The van der Waals surface area contributed by atoms with Gasteiger partial charge in [0.05, 0.1) is 0 Å². The summed E-state index contributed by atoms with van der Waals surface area (Å²) in [6, 6.07) is 3.98. The lowest BCUT2D eigenvalue weighted by Gasteiger charge is -2.04. The number of anilines is 1. The van der Waals surface area contributed by atoms with E-state index in [1.54, 1.807) is 6.20 Å². The molecule has 0 amide bonds. The number of rotatable bonds is 6. The summed E-state index contributed by atoms with van der Waals surface area (Å²) in [6.07, 6.45) is 5.05. The molecule has 1 rings (SSSR count). The van der Waals surface area contributed by atoms with E-state index in [1.165, 1.54) is 6.42 Å². The van der Waals surface area contributed by atoms with Gasteiger partial charge in [-0.15, -0.1) is 0 Å². The fraction of sp³-hybridized carbons (Fsp3) is 0.545. The topological polar surface area (TPSA) is 50.9 Å². The first kappa shape index (κ1) is 11.0. The number of hydrogen-bond donors (Lipinski definition) is 2. The Morgan fingerprint density at radius 2 is 2.29 bits per heavy atom. The number of pyridine rings is 1. The average Bonchev–Trinajstić information content (AvgIpc) is 2.20. The van der Waals surface area contributed by atoms with Crippen molar-refractivity contribution < 1.29 is 0 Å². The number of aryl methyl sites for hydroxylation is 1. The van der Waals surface area contributed by atoms with Crippen molar-refractivity contribution in [3.8, 4) is 0 Å². The van der Waals surface area contributed by atoms with Gasteiger partial charge in [0.2, 0.25) is 0 Å². The van der Waals surface area contributed by atoms with E-state index in [1.807, 2.05) is 12.1 Å². The van der Waals surface area contributed by atoms with E-state index in [0.717, 1.165) is 31.5 Å². The highest BCUT2D eigenvalue weighted by molar-refractivity contribution is 5.38. The van der Waals surface area contributed by atoms with E-state index >= 15 is 0 Å². The van der Waals surface area contributed by atoms with Gasteiger partial charge in [0, 0.05) is 6.20 Å². The molecular weight excluding hydrogens is 174 g/mol. The molecule has 14 heavy (non-hydrogen) atoms. The summed E-state index contributed by atoms with van der Waals surface area (Å²) in [5.74, 6) is 0.669. The standard InChI is InChI=1S/C11H19N3/c1-2-7-13-8-3-5-10-6-4-9-14-11(10)12/h4,6,9,13H,2-3,5,7-8H2,1H3,(H2,12,14). The number of nitrogen functional groups attached to an aromatic ring is 1. The molecule has 0 aliphatic heterocycles. The molecule has 0 bridgehead atoms. The van der Waals surface area contributed by atoms with E-state index in [-0.39, 0.29) is 0 Å². The maximum Gasteiger partial charge on any atom is 0.126 e. The Kier molecular flexibility index (Phi) is 5.00. The molecule has 0 aliphatic rings. The summed E-state index contributed by atoms with van der Waals surface area (Å²) >= 11 is 0. The molecule has 0 saturated carbocycles. The van der Waals surface area contributed by atoms with Gasteiger partial charge in [-0.25, -0.2) is 4.98 Å². The van der Waals surface area contributed by atoms with E-state index < -0.39 is 0 Å². The molecule has 0 aromatic carbocycles. The van der Waals surface area contributed by atoms with E-state index in [9.17, 15) is 0 Å². The van der Waals surface area contributed by atoms with E-state index in [0.29, 0.717) is 5.82 Å². The summed E-state index contributed by atoms with van der Waals surface area (Å²) in [7, 11) is 0. The highest BCUT2D eigenvalue weighted by Crippen LogP contribution is 2.08. The molecule has 0 aliphatic carbocycles. The zero-order valence-electron chi connectivity index (χ0n) is 8.79. The quantitative estimate of drug-likeness (QED) is 0.675. The minimum atomic E-state index is 0.669. The molecule has 0 unspecified atom stereocenters. The summed E-state index contributed by atoms with van der Waals surface area (Å²) in [5, 5.41) is 3.36. The van der Waals surface area contributed by atoms with Crippen molar-refractivity contribution in [1.29, 1.82) is 0 Å². The zero-order valence-corrected chi connectivity index (χ0v) is 8.79. The molecule has 0 spiro atoms. The van der Waals surface area contributed by atoms with Crippen LogP contribution in [-0.2, 0) is 6.42 Å². The van der Waals surface area contributed by atoms with Gasteiger partial charge in [-0.3, -0.25) is 0 Å². The molecular formula is C11H19N3. The lowest BCUT2D eigenvalue weighted by atomic mass is 10.1. The van der Waals surface area contributed by atoms with Crippen LogP contribution in [0.3, 0.4) is 0 Å². The third-order valence-electron chi connectivity index (χ3n) is 2.15. The van der Waals surface area contributed by atoms with Gasteiger partial charge in [0.25, 0.3) is 0 Å².